The summed E-state index contributed by atoms with van der Waals surface area (Å²) in [5.41, 5.74) is 4.12. The minimum atomic E-state index is -3.46. The van der Waals surface area contributed by atoms with E-state index in [0.29, 0.717) is 11.3 Å². The molecule has 0 unspecified atom stereocenters. The van der Waals surface area contributed by atoms with Crippen molar-refractivity contribution in [3.8, 4) is 0 Å². The van der Waals surface area contributed by atoms with Gasteiger partial charge in [0, 0.05) is 12.1 Å². The number of carbonyl (C=O) groups is 1. The molecule has 2 aromatic carbocycles. The van der Waals surface area contributed by atoms with Gasteiger partial charge in [-0.05, 0) is 44.0 Å². The third kappa shape index (κ3) is 4.82. The van der Waals surface area contributed by atoms with Gasteiger partial charge in [-0.3, -0.25) is 9.10 Å². The Balaban J connectivity index is 2.17. The highest BCUT2D eigenvalue weighted by molar-refractivity contribution is 7.92. The van der Waals surface area contributed by atoms with E-state index in [2.05, 4.69) is 5.32 Å². The average molecular weight is 360 g/mol. The molecule has 0 saturated heterocycles. The van der Waals surface area contributed by atoms with Gasteiger partial charge in [0.25, 0.3) is 5.91 Å². The Morgan fingerprint density at radius 3 is 2.12 bits per heavy atom. The van der Waals surface area contributed by atoms with Crippen LogP contribution < -0.4 is 9.62 Å². The van der Waals surface area contributed by atoms with Gasteiger partial charge in [0.1, 0.15) is 0 Å². The number of aryl methyl sites for hydroxylation is 3. The third-order valence-electron chi connectivity index (χ3n) is 3.92. The molecule has 0 aliphatic rings. The normalized spacial score (nSPS) is 11.2. The van der Waals surface area contributed by atoms with E-state index < -0.39 is 10.0 Å². The van der Waals surface area contributed by atoms with E-state index in [1.54, 1.807) is 24.3 Å². The molecule has 1 N–H and O–H groups in total. The molecule has 0 radical (unpaired) electrons. The van der Waals surface area contributed by atoms with Gasteiger partial charge in [-0.1, -0.05) is 35.9 Å². The second-order valence-corrected chi connectivity index (χ2v) is 8.11. The number of amides is 1. The predicted molar refractivity (Wildman–Crippen MR) is 102 cm³/mol. The second kappa shape index (κ2) is 7.70. The number of benzene rings is 2. The number of sulfonamides is 1. The van der Waals surface area contributed by atoms with Gasteiger partial charge >= 0.3 is 0 Å². The summed E-state index contributed by atoms with van der Waals surface area (Å²) in [6, 6.07) is 12.8. The van der Waals surface area contributed by atoms with Crippen molar-refractivity contribution >= 4 is 21.6 Å². The Morgan fingerprint density at radius 2 is 1.60 bits per heavy atom. The molecule has 5 nitrogen and oxygen atoms in total. The standard InChI is InChI=1S/C19H24N2O3S/c1-14-12-15(2)18(16(3)13-14)21(25(4,23)24)11-10-20-19(22)17-8-6-5-7-9-17/h5-9,12-13H,10-11H2,1-4H3,(H,20,22). The Bertz CT molecular complexity index is 838. The lowest BCUT2D eigenvalue weighted by molar-refractivity contribution is 0.0955. The van der Waals surface area contributed by atoms with E-state index in [-0.39, 0.29) is 19.0 Å². The topological polar surface area (TPSA) is 66.5 Å². The van der Waals surface area contributed by atoms with Crippen molar-refractivity contribution < 1.29 is 13.2 Å². The van der Waals surface area contributed by atoms with Crippen molar-refractivity contribution in [2.45, 2.75) is 20.8 Å². The monoisotopic (exact) mass is 360 g/mol. The molecule has 25 heavy (non-hydrogen) atoms. The number of hydrogen-bond donors (Lipinski definition) is 1. The van der Waals surface area contributed by atoms with Crippen molar-refractivity contribution in [3.05, 3.63) is 64.7 Å². The Kier molecular flexibility index (Phi) is 5.85. The summed E-state index contributed by atoms with van der Waals surface area (Å²) in [5.74, 6) is -0.216. The highest BCUT2D eigenvalue weighted by Gasteiger charge is 2.21. The molecule has 0 atom stereocenters. The number of rotatable bonds is 6. The molecule has 0 aliphatic carbocycles. The Hall–Kier alpha value is -2.34. The van der Waals surface area contributed by atoms with Crippen LogP contribution in [0.15, 0.2) is 42.5 Å². The van der Waals surface area contributed by atoms with Crippen LogP contribution in [-0.4, -0.2) is 33.7 Å². The van der Waals surface area contributed by atoms with Crippen molar-refractivity contribution in [2.24, 2.45) is 0 Å². The maximum absolute atomic E-state index is 12.3. The summed E-state index contributed by atoms with van der Waals surface area (Å²) >= 11 is 0. The maximum Gasteiger partial charge on any atom is 0.251 e. The number of anilines is 1. The smallest absolute Gasteiger partial charge is 0.251 e. The van der Waals surface area contributed by atoms with Gasteiger partial charge in [0.15, 0.2) is 0 Å². The summed E-state index contributed by atoms with van der Waals surface area (Å²) in [7, 11) is -3.46. The molecule has 0 fully saturated rings. The van der Waals surface area contributed by atoms with Crippen LogP contribution in [0, 0.1) is 20.8 Å². The summed E-state index contributed by atoms with van der Waals surface area (Å²) in [5, 5.41) is 2.78. The molecular weight excluding hydrogens is 336 g/mol. The van der Waals surface area contributed by atoms with E-state index in [4.69, 9.17) is 0 Å². The van der Waals surface area contributed by atoms with E-state index in [1.165, 1.54) is 10.6 Å². The molecule has 2 aromatic rings. The molecule has 0 spiro atoms. The van der Waals surface area contributed by atoms with Crippen LogP contribution in [0.5, 0.6) is 0 Å². The molecular formula is C19H24N2O3S. The van der Waals surface area contributed by atoms with Crippen LogP contribution in [0.2, 0.25) is 0 Å². The van der Waals surface area contributed by atoms with E-state index in [0.717, 1.165) is 16.7 Å². The fourth-order valence-electron chi connectivity index (χ4n) is 2.97. The number of nitrogens with zero attached hydrogens (tertiary/aromatic N) is 1. The van der Waals surface area contributed by atoms with Crippen LogP contribution in [0.25, 0.3) is 0 Å². The fourth-order valence-corrected chi connectivity index (χ4v) is 4.01. The van der Waals surface area contributed by atoms with E-state index in [9.17, 15) is 13.2 Å². The summed E-state index contributed by atoms with van der Waals surface area (Å²) in [4.78, 5) is 12.1. The fraction of sp³-hybridized carbons (Fsp3) is 0.316. The average Bonchev–Trinajstić information content (AvgIpc) is 2.52. The minimum Gasteiger partial charge on any atom is -0.350 e. The Labute approximate surface area is 149 Å². The van der Waals surface area contributed by atoms with E-state index in [1.807, 2.05) is 39.0 Å². The molecule has 2 rings (SSSR count). The first kappa shape index (κ1) is 19.0. The summed E-state index contributed by atoms with van der Waals surface area (Å²) in [6.07, 6.45) is 1.19. The lowest BCUT2D eigenvalue weighted by atomic mass is 10.1. The van der Waals surface area contributed by atoms with Crippen molar-refractivity contribution in [3.63, 3.8) is 0 Å². The van der Waals surface area contributed by atoms with Crippen LogP contribution in [0.3, 0.4) is 0 Å². The molecule has 1 amide bonds. The largest absolute Gasteiger partial charge is 0.350 e. The molecule has 0 aromatic heterocycles. The predicted octanol–water partition coefficient (Wildman–Crippen LogP) is 2.81. The first-order valence-corrected chi connectivity index (χ1v) is 9.94. The highest BCUT2D eigenvalue weighted by atomic mass is 32.2. The third-order valence-corrected chi connectivity index (χ3v) is 5.09. The summed E-state index contributed by atoms with van der Waals surface area (Å²) < 4.78 is 25.9. The van der Waals surface area contributed by atoms with Crippen molar-refractivity contribution in [1.82, 2.24) is 5.32 Å². The first-order valence-electron chi connectivity index (χ1n) is 8.09. The van der Waals surface area contributed by atoms with Crippen LogP contribution in [0.4, 0.5) is 5.69 Å². The number of carbonyl (C=O) groups excluding carboxylic acids is 1. The molecule has 134 valence electrons. The van der Waals surface area contributed by atoms with Crippen LogP contribution in [-0.2, 0) is 10.0 Å². The second-order valence-electron chi connectivity index (χ2n) is 6.20. The van der Waals surface area contributed by atoms with Gasteiger partial charge < -0.3 is 5.32 Å². The van der Waals surface area contributed by atoms with Crippen LogP contribution >= 0.6 is 0 Å². The van der Waals surface area contributed by atoms with Gasteiger partial charge in [-0.15, -0.1) is 0 Å². The van der Waals surface area contributed by atoms with Crippen molar-refractivity contribution in [2.75, 3.05) is 23.7 Å². The van der Waals surface area contributed by atoms with Gasteiger partial charge in [-0.25, -0.2) is 8.42 Å². The first-order chi connectivity index (χ1) is 11.7. The zero-order valence-electron chi connectivity index (χ0n) is 15.0. The molecule has 0 aliphatic heterocycles. The number of hydrogen-bond acceptors (Lipinski definition) is 3. The SMILES string of the molecule is Cc1cc(C)c(N(CCNC(=O)c2ccccc2)S(C)(=O)=O)c(C)c1. The summed E-state index contributed by atoms with van der Waals surface area (Å²) in [6.45, 7) is 6.19. The molecule has 0 saturated carbocycles. The zero-order chi connectivity index (χ0) is 18.6. The molecule has 0 bridgehead atoms. The molecule has 6 heteroatoms. The van der Waals surface area contributed by atoms with Gasteiger partial charge in [0.05, 0.1) is 18.5 Å². The Morgan fingerprint density at radius 1 is 1.04 bits per heavy atom. The zero-order valence-corrected chi connectivity index (χ0v) is 15.9. The van der Waals surface area contributed by atoms with Crippen molar-refractivity contribution in [1.29, 1.82) is 0 Å². The lowest BCUT2D eigenvalue weighted by Gasteiger charge is -2.26. The molecule has 0 heterocycles. The maximum atomic E-state index is 12.3. The van der Waals surface area contributed by atoms with Gasteiger partial charge in [0.2, 0.25) is 10.0 Å². The van der Waals surface area contributed by atoms with Crippen LogP contribution in [0.1, 0.15) is 27.0 Å². The number of nitrogens with one attached hydrogen (secondary N) is 1. The van der Waals surface area contributed by atoms with Gasteiger partial charge in [-0.2, -0.15) is 0 Å². The highest BCUT2D eigenvalue weighted by Crippen LogP contribution is 2.27. The lowest BCUT2D eigenvalue weighted by Crippen LogP contribution is -2.38. The quantitative estimate of drug-likeness (QED) is 0.861. The minimum absolute atomic E-state index is 0.183. The van der Waals surface area contributed by atoms with E-state index >= 15 is 0 Å².